The molecule has 5 aromatic rings. The molecule has 0 aliphatic heterocycles. The van der Waals surface area contributed by atoms with Crippen molar-refractivity contribution in [1.29, 1.82) is 0 Å². The minimum Gasteiger partial charge on any atom is -0.381 e. The minimum absolute atomic E-state index is 0.169. The van der Waals surface area contributed by atoms with E-state index in [1.165, 1.54) is 11.1 Å². The molecule has 1 aliphatic rings. The van der Waals surface area contributed by atoms with E-state index in [2.05, 4.69) is 50.6 Å². The molecule has 7 heteroatoms. The number of benzene rings is 2. The van der Waals surface area contributed by atoms with Crippen molar-refractivity contribution in [3.63, 3.8) is 0 Å². The molecular formula is C25H22N6O. The smallest absolute Gasteiger partial charge is 0.261 e. The van der Waals surface area contributed by atoms with Crippen LogP contribution in [0.3, 0.4) is 0 Å². The summed E-state index contributed by atoms with van der Waals surface area (Å²) in [5, 5.41) is 3.60. The van der Waals surface area contributed by atoms with Gasteiger partial charge >= 0.3 is 0 Å². The monoisotopic (exact) mass is 422 g/mol. The van der Waals surface area contributed by atoms with Crippen molar-refractivity contribution in [3.8, 4) is 17.1 Å². The molecule has 0 saturated carbocycles. The van der Waals surface area contributed by atoms with Crippen LogP contribution < -0.4 is 10.9 Å². The fraction of sp³-hybridized carbons (Fsp3) is 0.160. The number of anilines is 1. The van der Waals surface area contributed by atoms with Crippen LogP contribution >= 0.6 is 0 Å². The average Bonchev–Trinajstić information content (AvgIpc) is 3.53. The van der Waals surface area contributed by atoms with Crippen LogP contribution in [0.4, 0.5) is 5.69 Å². The van der Waals surface area contributed by atoms with Crippen molar-refractivity contribution in [2.45, 2.75) is 25.8 Å². The molecule has 0 radical (unpaired) electrons. The molecule has 0 saturated heterocycles. The van der Waals surface area contributed by atoms with Gasteiger partial charge in [0.05, 0.1) is 23.0 Å². The SMILES string of the molecule is Cc1cc(-n2ccnc2)cc2[nH]c(-c3c(NC4Cc5ccccc5C4)cc[nH]c3=O)nc12. The Kier molecular flexibility index (Phi) is 4.21. The summed E-state index contributed by atoms with van der Waals surface area (Å²) in [7, 11) is 0. The molecule has 3 aromatic heterocycles. The molecule has 7 nitrogen and oxygen atoms in total. The maximum Gasteiger partial charge on any atom is 0.261 e. The first-order valence-corrected chi connectivity index (χ1v) is 10.7. The van der Waals surface area contributed by atoms with E-state index < -0.39 is 0 Å². The summed E-state index contributed by atoms with van der Waals surface area (Å²) < 4.78 is 1.95. The summed E-state index contributed by atoms with van der Waals surface area (Å²) in [5.41, 5.74) is 7.63. The van der Waals surface area contributed by atoms with E-state index in [0.29, 0.717) is 11.4 Å². The topological polar surface area (TPSA) is 91.4 Å². The first kappa shape index (κ1) is 18.6. The number of rotatable bonds is 4. The number of hydrogen-bond acceptors (Lipinski definition) is 4. The van der Waals surface area contributed by atoms with Gasteiger partial charge in [-0.05, 0) is 54.7 Å². The molecular weight excluding hydrogens is 400 g/mol. The largest absolute Gasteiger partial charge is 0.381 e. The van der Waals surface area contributed by atoms with Crippen molar-refractivity contribution < 1.29 is 0 Å². The van der Waals surface area contributed by atoms with E-state index in [1.54, 1.807) is 18.7 Å². The third-order valence-electron chi connectivity index (χ3n) is 6.17. The van der Waals surface area contributed by atoms with Gasteiger partial charge in [-0.1, -0.05) is 24.3 Å². The fourth-order valence-corrected chi connectivity index (χ4v) is 4.67. The minimum atomic E-state index is -0.169. The zero-order chi connectivity index (χ0) is 21.7. The van der Waals surface area contributed by atoms with Crippen LogP contribution in [-0.4, -0.2) is 30.5 Å². The first-order valence-electron chi connectivity index (χ1n) is 10.7. The lowest BCUT2D eigenvalue weighted by molar-refractivity contribution is 0.774. The van der Waals surface area contributed by atoms with Crippen molar-refractivity contribution in [3.05, 3.63) is 94.4 Å². The number of nitrogens with zero attached hydrogens (tertiary/aromatic N) is 3. The number of pyridine rings is 1. The van der Waals surface area contributed by atoms with Gasteiger partial charge in [0.1, 0.15) is 11.4 Å². The summed E-state index contributed by atoms with van der Waals surface area (Å²) in [6, 6.07) is 14.8. The highest BCUT2D eigenvalue weighted by atomic mass is 16.1. The standard InChI is InChI=1S/C25H22N6O/c1-15-10-19(31-9-8-26-14-31)13-21-23(15)30-24(29-21)22-20(6-7-27-25(22)32)28-18-11-16-4-2-3-5-17(16)12-18/h2-10,13-14,18H,11-12H2,1H3,(H,29,30)(H2,27,28,32). The summed E-state index contributed by atoms with van der Waals surface area (Å²) in [6.07, 6.45) is 8.98. The van der Waals surface area contributed by atoms with E-state index in [0.717, 1.165) is 40.8 Å². The molecule has 3 heterocycles. The summed E-state index contributed by atoms with van der Waals surface area (Å²) >= 11 is 0. The third kappa shape index (κ3) is 3.10. The van der Waals surface area contributed by atoms with Crippen molar-refractivity contribution in [2.24, 2.45) is 0 Å². The normalized spacial score (nSPS) is 13.5. The van der Waals surface area contributed by atoms with Crippen LogP contribution in [0.1, 0.15) is 16.7 Å². The number of H-pyrrole nitrogens is 2. The quantitative estimate of drug-likeness (QED) is 0.408. The van der Waals surface area contributed by atoms with Gasteiger partial charge in [-0.2, -0.15) is 0 Å². The second kappa shape index (κ2) is 7.23. The Morgan fingerprint density at radius 3 is 2.69 bits per heavy atom. The average molecular weight is 422 g/mol. The number of aryl methyl sites for hydroxylation is 1. The molecule has 0 spiro atoms. The van der Waals surface area contributed by atoms with Gasteiger partial charge in [0, 0.05) is 30.3 Å². The molecule has 3 N–H and O–H groups in total. The number of fused-ring (bicyclic) bond motifs is 2. The van der Waals surface area contributed by atoms with Crippen molar-refractivity contribution in [1.82, 2.24) is 24.5 Å². The Morgan fingerprint density at radius 1 is 1.12 bits per heavy atom. The predicted octanol–water partition coefficient (Wildman–Crippen LogP) is 3.99. The zero-order valence-corrected chi connectivity index (χ0v) is 17.6. The lowest BCUT2D eigenvalue weighted by atomic mass is 10.1. The Balaban J connectivity index is 1.40. The van der Waals surface area contributed by atoms with Gasteiger partial charge < -0.3 is 19.9 Å². The lowest BCUT2D eigenvalue weighted by Crippen LogP contribution is -2.22. The van der Waals surface area contributed by atoms with Crippen LogP contribution in [0.5, 0.6) is 0 Å². The van der Waals surface area contributed by atoms with Gasteiger partial charge in [0.2, 0.25) is 0 Å². The molecule has 1 aliphatic carbocycles. The van der Waals surface area contributed by atoms with Crippen molar-refractivity contribution in [2.75, 3.05) is 5.32 Å². The lowest BCUT2D eigenvalue weighted by Gasteiger charge is -2.15. The van der Waals surface area contributed by atoms with Gasteiger partial charge in [-0.25, -0.2) is 9.97 Å². The van der Waals surface area contributed by atoms with Gasteiger partial charge in [-0.15, -0.1) is 0 Å². The summed E-state index contributed by atoms with van der Waals surface area (Å²) in [5.74, 6) is 0.561. The summed E-state index contributed by atoms with van der Waals surface area (Å²) in [4.78, 5) is 28.0. The molecule has 0 unspecified atom stereocenters. The molecule has 0 bridgehead atoms. The van der Waals surface area contributed by atoms with Crippen LogP contribution in [-0.2, 0) is 12.8 Å². The van der Waals surface area contributed by atoms with Crippen LogP contribution in [0.25, 0.3) is 28.1 Å². The first-order chi connectivity index (χ1) is 15.7. The van der Waals surface area contributed by atoms with Crippen LogP contribution in [0, 0.1) is 6.92 Å². The van der Waals surface area contributed by atoms with E-state index in [1.807, 2.05) is 29.8 Å². The summed E-state index contributed by atoms with van der Waals surface area (Å²) in [6.45, 7) is 2.03. The number of imidazole rings is 2. The Bertz CT molecular complexity index is 1470. The molecule has 2 aromatic carbocycles. The maximum atomic E-state index is 12.9. The molecule has 0 fully saturated rings. The van der Waals surface area contributed by atoms with Gasteiger partial charge in [-0.3, -0.25) is 4.79 Å². The Morgan fingerprint density at radius 2 is 1.94 bits per heavy atom. The maximum absolute atomic E-state index is 12.9. The van der Waals surface area contributed by atoms with E-state index in [4.69, 9.17) is 4.98 Å². The predicted molar refractivity (Wildman–Crippen MR) is 125 cm³/mol. The van der Waals surface area contributed by atoms with Gasteiger partial charge in [0.15, 0.2) is 0 Å². The highest BCUT2D eigenvalue weighted by Crippen LogP contribution is 2.30. The Hall–Kier alpha value is -4.13. The van der Waals surface area contributed by atoms with E-state index in [9.17, 15) is 4.79 Å². The highest BCUT2D eigenvalue weighted by Gasteiger charge is 2.23. The third-order valence-corrected chi connectivity index (χ3v) is 6.17. The highest BCUT2D eigenvalue weighted by molar-refractivity contribution is 5.86. The van der Waals surface area contributed by atoms with Gasteiger partial charge in [0.25, 0.3) is 5.56 Å². The molecule has 158 valence electrons. The number of aromatic amines is 2. The second-order valence-corrected chi connectivity index (χ2v) is 8.33. The number of aromatic nitrogens is 5. The van der Waals surface area contributed by atoms with Crippen LogP contribution in [0.2, 0.25) is 0 Å². The fourth-order valence-electron chi connectivity index (χ4n) is 4.67. The molecule has 0 atom stereocenters. The number of nitrogens with one attached hydrogen (secondary N) is 3. The zero-order valence-electron chi connectivity index (χ0n) is 17.6. The van der Waals surface area contributed by atoms with Crippen molar-refractivity contribution >= 4 is 16.7 Å². The van der Waals surface area contributed by atoms with E-state index >= 15 is 0 Å². The van der Waals surface area contributed by atoms with E-state index in [-0.39, 0.29) is 11.6 Å². The second-order valence-electron chi connectivity index (χ2n) is 8.33. The number of hydrogen-bond donors (Lipinski definition) is 3. The molecule has 0 amide bonds. The Labute approximate surface area is 184 Å². The molecule has 32 heavy (non-hydrogen) atoms. The van der Waals surface area contributed by atoms with Crippen LogP contribution in [0.15, 0.2) is 72.2 Å². The molecule has 6 rings (SSSR count).